The number of benzene rings is 1. The Kier molecular flexibility index (Phi) is 6.34. The fourth-order valence-corrected chi connectivity index (χ4v) is 2.65. The summed E-state index contributed by atoms with van der Waals surface area (Å²) in [6.07, 6.45) is 4.16. The summed E-state index contributed by atoms with van der Waals surface area (Å²) in [5.74, 6) is 0. The molecule has 1 aliphatic heterocycles. The van der Waals surface area contributed by atoms with Gasteiger partial charge in [-0.05, 0) is 37.1 Å². The predicted molar refractivity (Wildman–Crippen MR) is 79.2 cm³/mol. The topological polar surface area (TPSA) is 24.5 Å². The number of rotatable bonds is 7. The maximum absolute atomic E-state index is 5.16. The lowest BCUT2D eigenvalue weighted by atomic mass is 10.1. The van der Waals surface area contributed by atoms with Crippen LogP contribution in [0.25, 0.3) is 0 Å². The Labute approximate surface area is 116 Å². The molecule has 0 radical (unpaired) electrons. The lowest BCUT2D eigenvalue weighted by molar-refractivity contribution is 0.185. The highest BCUT2D eigenvalue weighted by Gasteiger charge is 2.08. The van der Waals surface area contributed by atoms with Crippen LogP contribution < -0.4 is 5.32 Å². The molecule has 106 valence electrons. The second-order valence-corrected chi connectivity index (χ2v) is 5.33. The molecule has 1 aromatic carbocycles. The number of likely N-dealkylation sites (tertiary alicyclic amines) is 1. The summed E-state index contributed by atoms with van der Waals surface area (Å²) in [4.78, 5) is 2.57. The molecule has 1 aromatic rings. The maximum atomic E-state index is 5.16. The maximum Gasteiger partial charge on any atom is 0.0713 e. The Morgan fingerprint density at radius 2 is 1.95 bits per heavy atom. The summed E-state index contributed by atoms with van der Waals surface area (Å²) < 4.78 is 5.16. The molecule has 0 atom stereocenters. The molecule has 0 unspecified atom stereocenters. The van der Waals surface area contributed by atoms with E-state index in [0.29, 0.717) is 6.61 Å². The van der Waals surface area contributed by atoms with Crippen molar-refractivity contribution in [2.45, 2.75) is 32.4 Å². The van der Waals surface area contributed by atoms with Crippen molar-refractivity contribution < 1.29 is 4.74 Å². The van der Waals surface area contributed by atoms with Crippen LogP contribution in [0.1, 0.15) is 30.4 Å². The zero-order chi connectivity index (χ0) is 13.3. The smallest absolute Gasteiger partial charge is 0.0713 e. The Balaban J connectivity index is 1.65. The van der Waals surface area contributed by atoms with Gasteiger partial charge in [0.15, 0.2) is 0 Å². The van der Waals surface area contributed by atoms with Crippen molar-refractivity contribution in [3.8, 4) is 0 Å². The molecule has 1 N–H and O–H groups in total. The molecule has 1 aliphatic rings. The highest BCUT2D eigenvalue weighted by molar-refractivity contribution is 5.22. The average Bonchev–Trinajstić information content (AvgIpc) is 2.46. The van der Waals surface area contributed by atoms with E-state index in [-0.39, 0.29) is 0 Å². The van der Waals surface area contributed by atoms with E-state index in [1.807, 2.05) is 0 Å². The van der Waals surface area contributed by atoms with Crippen molar-refractivity contribution in [3.05, 3.63) is 35.4 Å². The number of hydrogen-bond donors (Lipinski definition) is 1. The lowest BCUT2D eigenvalue weighted by Gasteiger charge is -2.26. The van der Waals surface area contributed by atoms with E-state index in [2.05, 4.69) is 34.5 Å². The fourth-order valence-electron chi connectivity index (χ4n) is 2.65. The van der Waals surface area contributed by atoms with Crippen LogP contribution in [0.15, 0.2) is 24.3 Å². The first-order valence-electron chi connectivity index (χ1n) is 7.38. The highest BCUT2D eigenvalue weighted by Crippen LogP contribution is 2.08. The molecule has 19 heavy (non-hydrogen) atoms. The summed E-state index contributed by atoms with van der Waals surface area (Å²) >= 11 is 0. The standard InChI is InChI=1S/C16H26N2O/c1-19-14-16-7-5-6-15(12-16)13-17-8-11-18-9-3-2-4-10-18/h5-7,12,17H,2-4,8-11,13-14H2,1H3. The van der Waals surface area contributed by atoms with Gasteiger partial charge in [0.1, 0.15) is 0 Å². The van der Waals surface area contributed by atoms with E-state index >= 15 is 0 Å². The zero-order valence-electron chi connectivity index (χ0n) is 12.0. The van der Waals surface area contributed by atoms with E-state index in [1.54, 1.807) is 7.11 Å². The van der Waals surface area contributed by atoms with E-state index in [1.165, 1.54) is 50.0 Å². The van der Waals surface area contributed by atoms with Crippen molar-refractivity contribution in [3.63, 3.8) is 0 Å². The largest absolute Gasteiger partial charge is 0.380 e. The van der Waals surface area contributed by atoms with Crippen LogP contribution in [-0.4, -0.2) is 38.2 Å². The molecule has 3 heteroatoms. The monoisotopic (exact) mass is 262 g/mol. The fraction of sp³-hybridized carbons (Fsp3) is 0.625. The molecule has 0 saturated carbocycles. The molecule has 1 saturated heterocycles. The molecule has 0 amide bonds. The van der Waals surface area contributed by atoms with Crippen LogP contribution in [0.4, 0.5) is 0 Å². The van der Waals surface area contributed by atoms with Crippen molar-refractivity contribution >= 4 is 0 Å². The van der Waals surface area contributed by atoms with Crippen LogP contribution in [0.3, 0.4) is 0 Å². The van der Waals surface area contributed by atoms with Gasteiger partial charge < -0.3 is 15.0 Å². The number of nitrogens with one attached hydrogen (secondary N) is 1. The van der Waals surface area contributed by atoms with Gasteiger partial charge in [0.25, 0.3) is 0 Å². The van der Waals surface area contributed by atoms with E-state index in [9.17, 15) is 0 Å². The highest BCUT2D eigenvalue weighted by atomic mass is 16.5. The number of piperidine rings is 1. The van der Waals surface area contributed by atoms with Gasteiger partial charge in [0.2, 0.25) is 0 Å². The Bertz CT molecular complexity index is 362. The van der Waals surface area contributed by atoms with E-state index in [0.717, 1.165) is 13.1 Å². The van der Waals surface area contributed by atoms with Crippen LogP contribution in [-0.2, 0) is 17.9 Å². The molecular formula is C16H26N2O. The van der Waals surface area contributed by atoms with Gasteiger partial charge in [0.05, 0.1) is 6.61 Å². The first-order chi connectivity index (χ1) is 9.38. The summed E-state index contributed by atoms with van der Waals surface area (Å²) in [5, 5.41) is 3.54. The zero-order valence-corrected chi connectivity index (χ0v) is 12.0. The van der Waals surface area contributed by atoms with Crippen LogP contribution in [0, 0.1) is 0 Å². The van der Waals surface area contributed by atoms with Gasteiger partial charge in [-0.25, -0.2) is 0 Å². The van der Waals surface area contributed by atoms with Gasteiger partial charge in [-0.15, -0.1) is 0 Å². The molecule has 0 spiro atoms. The third kappa shape index (κ3) is 5.31. The van der Waals surface area contributed by atoms with E-state index in [4.69, 9.17) is 4.74 Å². The van der Waals surface area contributed by atoms with Crippen molar-refractivity contribution in [1.82, 2.24) is 10.2 Å². The molecule has 0 aliphatic carbocycles. The first-order valence-corrected chi connectivity index (χ1v) is 7.38. The molecule has 0 aromatic heterocycles. The quantitative estimate of drug-likeness (QED) is 0.764. The van der Waals surface area contributed by atoms with Gasteiger partial charge in [-0.3, -0.25) is 0 Å². The average molecular weight is 262 g/mol. The van der Waals surface area contributed by atoms with Gasteiger partial charge >= 0.3 is 0 Å². The van der Waals surface area contributed by atoms with Gasteiger partial charge in [0, 0.05) is 26.7 Å². The normalized spacial score (nSPS) is 16.7. The molecule has 1 heterocycles. The molecule has 2 rings (SSSR count). The Morgan fingerprint density at radius 1 is 1.16 bits per heavy atom. The first kappa shape index (κ1) is 14.5. The molecular weight excluding hydrogens is 236 g/mol. The number of nitrogens with zero attached hydrogens (tertiary/aromatic N) is 1. The van der Waals surface area contributed by atoms with Crippen LogP contribution >= 0.6 is 0 Å². The molecule has 1 fully saturated rings. The van der Waals surface area contributed by atoms with E-state index < -0.39 is 0 Å². The minimum absolute atomic E-state index is 0.696. The minimum atomic E-state index is 0.696. The third-order valence-electron chi connectivity index (χ3n) is 3.69. The van der Waals surface area contributed by atoms with Crippen LogP contribution in [0.2, 0.25) is 0 Å². The van der Waals surface area contributed by atoms with Crippen molar-refractivity contribution in [2.24, 2.45) is 0 Å². The summed E-state index contributed by atoms with van der Waals surface area (Å²) in [7, 11) is 1.74. The van der Waals surface area contributed by atoms with Crippen LogP contribution in [0.5, 0.6) is 0 Å². The minimum Gasteiger partial charge on any atom is -0.380 e. The molecule has 0 bridgehead atoms. The lowest BCUT2D eigenvalue weighted by Crippen LogP contribution is -2.35. The van der Waals surface area contributed by atoms with Crippen molar-refractivity contribution in [2.75, 3.05) is 33.3 Å². The number of hydrogen-bond acceptors (Lipinski definition) is 3. The SMILES string of the molecule is COCc1cccc(CNCCN2CCCCC2)c1. The Hall–Kier alpha value is -0.900. The van der Waals surface area contributed by atoms with Gasteiger partial charge in [-0.1, -0.05) is 30.7 Å². The number of methoxy groups -OCH3 is 1. The van der Waals surface area contributed by atoms with Crippen molar-refractivity contribution in [1.29, 1.82) is 0 Å². The third-order valence-corrected chi connectivity index (χ3v) is 3.69. The summed E-state index contributed by atoms with van der Waals surface area (Å²) in [6, 6.07) is 8.61. The number of ether oxygens (including phenoxy) is 1. The summed E-state index contributed by atoms with van der Waals surface area (Å²) in [5.41, 5.74) is 2.59. The van der Waals surface area contributed by atoms with Gasteiger partial charge in [-0.2, -0.15) is 0 Å². The second kappa shape index (κ2) is 8.31. The predicted octanol–water partition coefficient (Wildman–Crippen LogP) is 2.41. The molecule has 3 nitrogen and oxygen atoms in total. The Morgan fingerprint density at radius 3 is 2.74 bits per heavy atom. The summed E-state index contributed by atoms with van der Waals surface area (Å²) in [6.45, 7) is 6.47. The second-order valence-electron chi connectivity index (χ2n) is 5.33.